The van der Waals surface area contributed by atoms with Gasteiger partial charge in [-0.25, -0.2) is 5.21 Å². The molecule has 4 fully saturated rings. The van der Waals surface area contributed by atoms with Crippen LogP contribution in [0.4, 0.5) is 5.69 Å². The predicted octanol–water partition coefficient (Wildman–Crippen LogP) is 5.57. The topological polar surface area (TPSA) is 73.0 Å². The molecular weight excluding hydrogens is 400 g/mol. The summed E-state index contributed by atoms with van der Waals surface area (Å²) in [5, 5.41) is 34.8. The number of hydroxylamine groups is 2. The van der Waals surface area contributed by atoms with E-state index in [1.54, 1.807) is 14.1 Å². The van der Waals surface area contributed by atoms with E-state index in [4.69, 9.17) is 0 Å². The minimum atomic E-state index is -0.511. The maximum atomic E-state index is 10.8. The predicted molar refractivity (Wildman–Crippen MR) is 127 cm³/mol. The molecule has 0 saturated heterocycles. The molecule has 8 atom stereocenters. The number of hydrogen-bond acceptors (Lipinski definition) is 4. The molecule has 4 aliphatic rings. The van der Waals surface area contributed by atoms with E-state index in [2.05, 4.69) is 36.3 Å². The van der Waals surface area contributed by atoms with Gasteiger partial charge in [0.15, 0.2) is 5.69 Å². The summed E-state index contributed by atoms with van der Waals surface area (Å²) >= 11 is 0. The molecule has 0 bridgehead atoms. The first-order chi connectivity index (χ1) is 15.0. The van der Waals surface area contributed by atoms with Gasteiger partial charge in [-0.1, -0.05) is 24.2 Å². The highest BCUT2D eigenvalue weighted by atomic mass is 16.5. The van der Waals surface area contributed by atoms with Gasteiger partial charge < -0.3 is 10.3 Å². The number of hydrogen-bond donors (Lipinski definition) is 3. The van der Waals surface area contributed by atoms with Crippen LogP contribution in [0.25, 0.3) is 0 Å². The Morgan fingerprint density at radius 2 is 1.69 bits per heavy atom. The van der Waals surface area contributed by atoms with Gasteiger partial charge in [-0.3, -0.25) is 0 Å². The molecule has 0 amide bonds. The van der Waals surface area contributed by atoms with E-state index in [-0.39, 0.29) is 10.1 Å². The third-order valence-corrected chi connectivity index (χ3v) is 10.1. The fraction of sp³-hybridized carbons (Fsp3) is 0.741. The van der Waals surface area contributed by atoms with E-state index < -0.39 is 5.60 Å². The molecule has 0 aliphatic heterocycles. The van der Waals surface area contributed by atoms with Gasteiger partial charge in [0.2, 0.25) is 0 Å². The summed E-state index contributed by atoms with van der Waals surface area (Å²) in [5.41, 5.74) is 2.71. The summed E-state index contributed by atoms with van der Waals surface area (Å²) in [6.07, 6.45) is 8.53. The fourth-order valence-electron chi connectivity index (χ4n) is 8.59. The Labute approximate surface area is 192 Å². The fourth-order valence-corrected chi connectivity index (χ4v) is 8.59. The van der Waals surface area contributed by atoms with Crippen molar-refractivity contribution >= 4 is 11.4 Å². The van der Waals surface area contributed by atoms with Crippen molar-refractivity contribution < 1.29 is 15.5 Å². The normalized spacial score (nSPS) is 45.2. The average molecular weight is 442 g/mol. The van der Waals surface area contributed by atoms with Crippen LogP contribution in [0, 0.1) is 35.0 Å². The summed E-state index contributed by atoms with van der Waals surface area (Å²) in [6.45, 7) is 4.38. The van der Waals surface area contributed by atoms with Gasteiger partial charge in [-0.05, 0) is 99.4 Å². The van der Waals surface area contributed by atoms with Crippen molar-refractivity contribution in [1.82, 2.24) is 4.65 Å². The molecule has 0 unspecified atom stereocenters. The highest BCUT2D eigenvalue weighted by Crippen LogP contribution is 2.65. The van der Waals surface area contributed by atoms with Crippen LogP contribution in [0.2, 0.25) is 0 Å². The average Bonchev–Trinajstić information content (AvgIpc) is 3.07. The zero-order valence-electron chi connectivity index (χ0n) is 20.2. The molecular formula is C27H41N2O3+. The van der Waals surface area contributed by atoms with Crippen LogP contribution >= 0.6 is 0 Å². The minimum Gasteiger partial charge on any atom is -0.411 e. The smallest absolute Gasteiger partial charge is 0.164 e. The third kappa shape index (κ3) is 3.52. The largest absolute Gasteiger partial charge is 0.411 e. The molecule has 4 aliphatic carbocycles. The number of quaternary nitrogens is 1. The lowest BCUT2D eigenvalue weighted by Gasteiger charge is -2.59. The second-order valence-corrected chi connectivity index (χ2v) is 12.4. The van der Waals surface area contributed by atoms with Gasteiger partial charge in [0.1, 0.15) is 14.1 Å². The first kappa shape index (κ1) is 22.4. The highest BCUT2D eigenvalue weighted by molar-refractivity contribution is 5.92. The summed E-state index contributed by atoms with van der Waals surface area (Å²) in [6, 6.07) is 8.59. The Morgan fingerprint density at radius 3 is 2.34 bits per heavy atom. The molecule has 1 aromatic rings. The van der Waals surface area contributed by atoms with Crippen molar-refractivity contribution in [2.75, 3.05) is 14.1 Å². The van der Waals surface area contributed by atoms with Gasteiger partial charge in [0.25, 0.3) is 0 Å². The monoisotopic (exact) mass is 441 g/mol. The Balaban J connectivity index is 1.55. The highest BCUT2D eigenvalue weighted by Gasteiger charge is 2.60. The molecule has 5 rings (SSSR count). The minimum absolute atomic E-state index is 0.0292. The molecule has 0 spiro atoms. The molecule has 0 aromatic heterocycles. The summed E-state index contributed by atoms with van der Waals surface area (Å²) in [7, 11) is 3.55. The van der Waals surface area contributed by atoms with Gasteiger partial charge in [-0.2, -0.15) is 4.65 Å². The van der Waals surface area contributed by atoms with Gasteiger partial charge in [-0.15, -0.1) is 0 Å². The van der Waals surface area contributed by atoms with E-state index in [1.165, 1.54) is 18.4 Å². The maximum absolute atomic E-state index is 10.8. The number of fused-ring (bicyclic) bond motifs is 5. The van der Waals surface area contributed by atoms with Crippen LogP contribution in [0.1, 0.15) is 76.7 Å². The third-order valence-electron chi connectivity index (χ3n) is 10.1. The SMILES string of the molecule is C[C@@]1(O)CC[C@H]2[C@@H](CC[C@@H]3[C@@H]2[C@@H](c2ccc([N+](C)(C)O)cc2)C[C@]2(C)C(=NO)CC[C@@H]32)C1. The van der Waals surface area contributed by atoms with Crippen molar-refractivity contribution in [1.29, 1.82) is 0 Å². The summed E-state index contributed by atoms with van der Waals surface area (Å²) in [5.74, 6) is 3.60. The van der Waals surface area contributed by atoms with Crippen molar-refractivity contribution in [3.05, 3.63) is 29.8 Å². The first-order valence-electron chi connectivity index (χ1n) is 12.6. The van der Waals surface area contributed by atoms with Crippen LogP contribution in [0.5, 0.6) is 0 Å². The van der Waals surface area contributed by atoms with Gasteiger partial charge >= 0.3 is 0 Å². The second kappa shape index (κ2) is 7.54. The van der Waals surface area contributed by atoms with E-state index in [1.807, 2.05) is 6.92 Å². The van der Waals surface area contributed by atoms with Crippen LogP contribution in [-0.4, -0.2) is 40.9 Å². The van der Waals surface area contributed by atoms with E-state index in [0.717, 1.165) is 49.9 Å². The maximum Gasteiger partial charge on any atom is 0.164 e. The van der Waals surface area contributed by atoms with Crippen LogP contribution in [0.15, 0.2) is 29.4 Å². The molecule has 0 heterocycles. The standard InChI is InChI=1S/C27H40N2O3/c1-26(30)14-13-20-18(15-26)7-10-21-23-11-12-24(28-31)27(23,2)16-22(25(20)21)17-5-8-19(9-6-17)29(3,4)32/h5-6,8-9,18,20-23,25,30,32H,7,10-16H2,1-4H3/p+1/t18-,20-,21-,22+,23-,25+,26+,27-/m0/s1. The Kier molecular flexibility index (Phi) is 5.27. The van der Waals surface area contributed by atoms with E-state index in [0.29, 0.717) is 35.5 Å². The zero-order valence-corrected chi connectivity index (χ0v) is 20.2. The molecule has 5 heteroatoms. The number of nitrogens with zero attached hydrogens (tertiary/aromatic N) is 2. The van der Waals surface area contributed by atoms with Crippen molar-refractivity contribution in [3.63, 3.8) is 0 Å². The Morgan fingerprint density at radius 1 is 0.969 bits per heavy atom. The summed E-state index contributed by atoms with van der Waals surface area (Å²) in [4.78, 5) is 0. The Hall–Kier alpha value is -1.43. The van der Waals surface area contributed by atoms with Gasteiger partial charge in [0.05, 0.1) is 11.3 Å². The van der Waals surface area contributed by atoms with Crippen LogP contribution < -0.4 is 4.65 Å². The lowest BCUT2D eigenvalue weighted by molar-refractivity contribution is -0.0956. The molecule has 0 radical (unpaired) electrons. The lowest BCUT2D eigenvalue weighted by Crippen LogP contribution is -2.53. The molecule has 3 N–H and O–H groups in total. The van der Waals surface area contributed by atoms with Crippen LogP contribution in [-0.2, 0) is 0 Å². The van der Waals surface area contributed by atoms with E-state index >= 15 is 0 Å². The number of rotatable bonds is 2. The number of oxime groups is 1. The second-order valence-electron chi connectivity index (χ2n) is 12.4. The van der Waals surface area contributed by atoms with E-state index in [9.17, 15) is 15.5 Å². The molecule has 32 heavy (non-hydrogen) atoms. The van der Waals surface area contributed by atoms with Gasteiger partial charge in [0, 0.05) is 17.5 Å². The first-order valence-corrected chi connectivity index (χ1v) is 12.6. The van der Waals surface area contributed by atoms with Crippen molar-refractivity contribution in [2.45, 2.75) is 76.7 Å². The summed E-state index contributed by atoms with van der Waals surface area (Å²) < 4.78 is -0.169. The Bertz CT molecular complexity index is 887. The molecule has 176 valence electrons. The van der Waals surface area contributed by atoms with Crippen molar-refractivity contribution in [3.8, 4) is 0 Å². The van der Waals surface area contributed by atoms with Crippen molar-refractivity contribution in [2.24, 2.45) is 40.2 Å². The number of aliphatic hydroxyl groups is 1. The van der Waals surface area contributed by atoms with Crippen LogP contribution in [0.3, 0.4) is 0 Å². The number of benzene rings is 1. The molecule has 1 aromatic carbocycles. The quantitative estimate of drug-likeness (QED) is 0.319. The lowest BCUT2D eigenvalue weighted by atomic mass is 9.46. The molecule has 4 saturated carbocycles. The molecule has 5 nitrogen and oxygen atoms in total. The zero-order chi connectivity index (χ0) is 22.9.